The van der Waals surface area contributed by atoms with Crippen molar-refractivity contribution in [1.29, 1.82) is 0 Å². The van der Waals surface area contributed by atoms with Crippen LogP contribution in [0.3, 0.4) is 0 Å². The molecule has 1 unspecified atom stereocenters. The number of fused-ring (bicyclic) bond motifs is 1. The molecule has 0 bridgehead atoms. The molecular formula is C13H24N4. The molecule has 1 aromatic heterocycles. The van der Waals surface area contributed by atoms with E-state index in [2.05, 4.69) is 32.9 Å². The van der Waals surface area contributed by atoms with Crippen LogP contribution in [-0.2, 0) is 13.1 Å². The third-order valence-electron chi connectivity index (χ3n) is 3.68. The molecule has 0 aliphatic carbocycles. The Kier molecular flexibility index (Phi) is 4.57. The molecule has 0 amide bonds. The molecule has 1 aliphatic rings. The summed E-state index contributed by atoms with van der Waals surface area (Å²) < 4.78 is 2.26. The van der Waals surface area contributed by atoms with Crippen LogP contribution in [0.15, 0.2) is 12.4 Å². The number of unbranched alkanes of at least 4 members (excludes halogenated alkanes) is 1. The summed E-state index contributed by atoms with van der Waals surface area (Å²) in [6.07, 6.45) is 7.88. The van der Waals surface area contributed by atoms with E-state index < -0.39 is 0 Å². The van der Waals surface area contributed by atoms with Crippen LogP contribution in [0.1, 0.15) is 32.0 Å². The Morgan fingerprint density at radius 2 is 2.29 bits per heavy atom. The van der Waals surface area contributed by atoms with Gasteiger partial charge in [-0.15, -0.1) is 0 Å². The smallest absolute Gasteiger partial charge is 0.122 e. The van der Waals surface area contributed by atoms with Gasteiger partial charge in [0, 0.05) is 31.5 Å². The van der Waals surface area contributed by atoms with E-state index in [1.807, 2.05) is 13.2 Å². The van der Waals surface area contributed by atoms with Crippen molar-refractivity contribution in [3.63, 3.8) is 0 Å². The van der Waals surface area contributed by atoms with Crippen LogP contribution in [0.4, 0.5) is 0 Å². The Morgan fingerprint density at radius 1 is 1.41 bits per heavy atom. The quantitative estimate of drug-likeness (QED) is 0.759. The largest absolute Gasteiger partial charge is 0.333 e. The number of nitrogens with zero attached hydrogens (tertiary/aromatic N) is 3. The summed E-state index contributed by atoms with van der Waals surface area (Å²) in [7, 11) is 2.04. The first-order valence-corrected chi connectivity index (χ1v) is 6.69. The maximum atomic E-state index is 4.39. The fourth-order valence-electron chi connectivity index (χ4n) is 2.34. The van der Waals surface area contributed by atoms with Crippen LogP contribution in [0.25, 0.3) is 0 Å². The van der Waals surface area contributed by atoms with Crippen LogP contribution >= 0.6 is 0 Å². The standard InChI is InChI=1S/C13H24N4/c1-12(14-2)5-3-4-7-16-9-10-17-8-6-15-13(17)11-16/h6,8,12,14H,3-5,7,9-11H2,1-2H3. The summed E-state index contributed by atoms with van der Waals surface area (Å²) in [5.41, 5.74) is 0. The van der Waals surface area contributed by atoms with Crippen LogP contribution in [0.5, 0.6) is 0 Å². The summed E-state index contributed by atoms with van der Waals surface area (Å²) in [4.78, 5) is 6.91. The topological polar surface area (TPSA) is 33.1 Å². The van der Waals surface area contributed by atoms with E-state index in [4.69, 9.17) is 0 Å². The monoisotopic (exact) mass is 236 g/mol. The molecule has 2 heterocycles. The molecule has 96 valence electrons. The molecular weight excluding hydrogens is 212 g/mol. The first-order valence-electron chi connectivity index (χ1n) is 6.69. The molecule has 1 atom stereocenters. The number of aromatic nitrogens is 2. The summed E-state index contributed by atoms with van der Waals surface area (Å²) in [6.45, 7) is 6.75. The van der Waals surface area contributed by atoms with Crippen molar-refractivity contribution >= 4 is 0 Å². The van der Waals surface area contributed by atoms with Crippen molar-refractivity contribution in [3.05, 3.63) is 18.2 Å². The van der Waals surface area contributed by atoms with Crippen LogP contribution in [0, 0.1) is 0 Å². The minimum atomic E-state index is 0.648. The predicted octanol–water partition coefficient (Wildman–Crippen LogP) is 1.48. The van der Waals surface area contributed by atoms with Gasteiger partial charge in [0.2, 0.25) is 0 Å². The predicted molar refractivity (Wildman–Crippen MR) is 69.9 cm³/mol. The highest BCUT2D eigenvalue weighted by molar-refractivity contribution is 4.95. The van der Waals surface area contributed by atoms with Crippen molar-refractivity contribution in [3.8, 4) is 0 Å². The van der Waals surface area contributed by atoms with E-state index in [9.17, 15) is 0 Å². The fraction of sp³-hybridized carbons (Fsp3) is 0.769. The fourth-order valence-corrected chi connectivity index (χ4v) is 2.34. The molecule has 0 saturated heterocycles. The zero-order valence-electron chi connectivity index (χ0n) is 11.0. The Morgan fingerprint density at radius 3 is 3.12 bits per heavy atom. The lowest BCUT2D eigenvalue weighted by molar-refractivity contribution is 0.212. The second kappa shape index (κ2) is 6.17. The zero-order valence-corrected chi connectivity index (χ0v) is 11.0. The van der Waals surface area contributed by atoms with E-state index in [1.54, 1.807) is 0 Å². The summed E-state index contributed by atoms with van der Waals surface area (Å²) in [6, 6.07) is 0.648. The molecule has 2 rings (SSSR count). The van der Waals surface area contributed by atoms with Gasteiger partial charge in [0.05, 0.1) is 6.54 Å². The van der Waals surface area contributed by atoms with Gasteiger partial charge in [-0.05, 0) is 33.4 Å². The molecule has 0 spiro atoms. The van der Waals surface area contributed by atoms with Gasteiger partial charge in [0.25, 0.3) is 0 Å². The lowest BCUT2D eigenvalue weighted by Gasteiger charge is -2.27. The SMILES string of the molecule is CNC(C)CCCCN1CCn2ccnc2C1. The van der Waals surface area contributed by atoms with Gasteiger partial charge >= 0.3 is 0 Å². The van der Waals surface area contributed by atoms with Crippen LogP contribution < -0.4 is 5.32 Å². The maximum absolute atomic E-state index is 4.39. The van der Waals surface area contributed by atoms with Crippen molar-refractivity contribution < 1.29 is 0 Å². The van der Waals surface area contributed by atoms with Crippen molar-refractivity contribution in [1.82, 2.24) is 19.8 Å². The molecule has 4 nitrogen and oxygen atoms in total. The summed E-state index contributed by atoms with van der Waals surface area (Å²) in [5.74, 6) is 1.22. The Labute approximate surface area is 104 Å². The lowest BCUT2D eigenvalue weighted by atomic mass is 10.1. The third kappa shape index (κ3) is 3.54. The van der Waals surface area contributed by atoms with Gasteiger partial charge in [0.15, 0.2) is 0 Å². The molecule has 1 aromatic rings. The number of nitrogens with one attached hydrogen (secondary N) is 1. The Bertz CT molecular complexity index is 334. The van der Waals surface area contributed by atoms with E-state index in [1.165, 1.54) is 38.2 Å². The van der Waals surface area contributed by atoms with Crippen molar-refractivity contribution in [2.24, 2.45) is 0 Å². The average molecular weight is 236 g/mol. The van der Waals surface area contributed by atoms with Gasteiger partial charge in [0.1, 0.15) is 5.82 Å². The molecule has 17 heavy (non-hydrogen) atoms. The number of hydrogen-bond donors (Lipinski definition) is 1. The summed E-state index contributed by atoms with van der Waals surface area (Å²) >= 11 is 0. The molecule has 1 N–H and O–H groups in total. The van der Waals surface area contributed by atoms with E-state index in [-0.39, 0.29) is 0 Å². The second-order valence-corrected chi connectivity index (χ2v) is 5.00. The minimum absolute atomic E-state index is 0.648. The van der Waals surface area contributed by atoms with Crippen LogP contribution in [0.2, 0.25) is 0 Å². The molecule has 4 heteroatoms. The second-order valence-electron chi connectivity index (χ2n) is 5.00. The molecule has 0 radical (unpaired) electrons. The van der Waals surface area contributed by atoms with Gasteiger partial charge in [-0.3, -0.25) is 4.90 Å². The van der Waals surface area contributed by atoms with Crippen LogP contribution in [-0.4, -0.2) is 40.6 Å². The molecule has 0 saturated carbocycles. The lowest BCUT2D eigenvalue weighted by Crippen LogP contribution is -2.34. The average Bonchev–Trinajstić information content (AvgIpc) is 2.81. The van der Waals surface area contributed by atoms with Gasteiger partial charge in [-0.2, -0.15) is 0 Å². The first kappa shape index (κ1) is 12.6. The zero-order chi connectivity index (χ0) is 12.1. The number of hydrogen-bond acceptors (Lipinski definition) is 3. The minimum Gasteiger partial charge on any atom is -0.333 e. The number of imidazole rings is 1. The van der Waals surface area contributed by atoms with Gasteiger partial charge in [-0.1, -0.05) is 6.42 Å². The van der Waals surface area contributed by atoms with Crippen molar-refractivity contribution in [2.45, 2.75) is 45.3 Å². The summed E-state index contributed by atoms with van der Waals surface area (Å²) in [5, 5.41) is 3.29. The first-order chi connectivity index (χ1) is 8.29. The Hall–Kier alpha value is -0.870. The molecule has 0 fully saturated rings. The normalized spacial score (nSPS) is 18.0. The Balaban J connectivity index is 1.65. The molecule has 1 aliphatic heterocycles. The highest BCUT2D eigenvalue weighted by atomic mass is 15.2. The van der Waals surface area contributed by atoms with E-state index in [0.717, 1.165) is 13.1 Å². The van der Waals surface area contributed by atoms with E-state index in [0.29, 0.717) is 6.04 Å². The molecule has 0 aromatic carbocycles. The van der Waals surface area contributed by atoms with Crippen molar-refractivity contribution in [2.75, 3.05) is 20.1 Å². The van der Waals surface area contributed by atoms with Gasteiger partial charge in [-0.25, -0.2) is 4.98 Å². The highest BCUT2D eigenvalue weighted by Gasteiger charge is 2.15. The third-order valence-corrected chi connectivity index (χ3v) is 3.68. The number of rotatable bonds is 6. The van der Waals surface area contributed by atoms with Gasteiger partial charge < -0.3 is 9.88 Å². The van der Waals surface area contributed by atoms with E-state index >= 15 is 0 Å². The maximum Gasteiger partial charge on any atom is 0.122 e. The highest BCUT2D eigenvalue weighted by Crippen LogP contribution is 2.11.